The second kappa shape index (κ2) is 7.19. The third kappa shape index (κ3) is 3.14. The lowest BCUT2D eigenvalue weighted by atomic mass is 9.84. The summed E-state index contributed by atoms with van der Waals surface area (Å²) >= 11 is 5.99. The average Bonchev–Trinajstić information content (AvgIpc) is 2.54. The molecule has 22 heavy (non-hydrogen) atoms. The van der Waals surface area contributed by atoms with E-state index in [2.05, 4.69) is 35.7 Å². The summed E-state index contributed by atoms with van der Waals surface area (Å²) < 4.78 is 5.37. The van der Waals surface area contributed by atoms with E-state index in [4.69, 9.17) is 16.3 Å². The minimum absolute atomic E-state index is 0. The molecule has 0 saturated heterocycles. The van der Waals surface area contributed by atoms with E-state index in [0.717, 1.165) is 17.2 Å². The molecule has 0 aromatic heterocycles. The molecule has 0 radical (unpaired) electrons. The Morgan fingerprint density at radius 1 is 1.14 bits per heavy atom. The molecule has 0 fully saturated rings. The van der Waals surface area contributed by atoms with Gasteiger partial charge in [0, 0.05) is 11.1 Å². The Kier molecular flexibility index (Phi) is 5.52. The number of hydrogen-bond acceptors (Lipinski definition) is 2. The Morgan fingerprint density at radius 2 is 1.86 bits per heavy atom. The highest BCUT2D eigenvalue weighted by molar-refractivity contribution is 6.30. The fourth-order valence-electron chi connectivity index (χ4n) is 2.85. The van der Waals surface area contributed by atoms with Crippen LogP contribution in [0.5, 0.6) is 5.75 Å². The minimum Gasteiger partial charge on any atom is -0.497 e. The monoisotopic (exact) mass is 335 g/mol. The Bertz CT molecular complexity index is 680. The van der Waals surface area contributed by atoms with Gasteiger partial charge >= 0.3 is 0 Å². The highest BCUT2D eigenvalue weighted by Crippen LogP contribution is 2.38. The van der Waals surface area contributed by atoms with Gasteiger partial charge < -0.3 is 10.1 Å². The van der Waals surface area contributed by atoms with E-state index in [1.807, 2.05) is 25.2 Å². The van der Waals surface area contributed by atoms with Crippen LogP contribution in [0.2, 0.25) is 5.02 Å². The van der Waals surface area contributed by atoms with Gasteiger partial charge in [-0.2, -0.15) is 0 Å². The van der Waals surface area contributed by atoms with Crippen LogP contribution < -0.4 is 10.1 Å². The molecule has 1 aliphatic rings. The molecule has 1 aliphatic carbocycles. The van der Waals surface area contributed by atoms with Crippen LogP contribution in [0.15, 0.2) is 48.5 Å². The molecule has 2 aromatic carbocycles. The zero-order valence-electron chi connectivity index (χ0n) is 12.6. The molecule has 116 valence electrons. The Labute approximate surface area is 142 Å². The van der Waals surface area contributed by atoms with Crippen molar-refractivity contribution < 1.29 is 4.74 Å². The first-order chi connectivity index (χ1) is 10.2. The maximum absolute atomic E-state index is 5.99. The molecule has 0 saturated carbocycles. The smallest absolute Gasteiger partial charge is 0.119 e. The third-order valence-electron chi connectivity index (χ3n) is 3.99. The van der Waals surface area contributed by atoms with Crippen molar-refractivity contribution in [2.24, 2.45) is 0 Å². The first kappa shape index (κ1) is 16.9. The van der Waals surface area contributed by atoms with Crippen molar-refractivity contribution >= 4 is 29.6 Å². The molecule has 1 N–H and O–H groups in total. The molecule has 2 aromatic rings. The van der Waals surface area contributed by atoms with E-state index in [1.54, 1.807) is 7.11 Å². The highest BCUT2D eigenvalue weighted by Gasteiger charge is 2.21. The molecule has 1 unspecified atom stereocenters. The van der Waals surface area contributed by atoms with Gasteiger partial charge in [0.05, 0.1) is 7.11 Å². The molecule has 0 aliphatic heterocycles. The summed E-state index contributed by atoms with van der Waals surface area (Å²) in [6.07, 6.45) is 3.26. The van der Waals surface area contributed by atoms with Crippen molar-refractivity contribution in [1.82, 2.24) is 5.32 Å². The van der Waals surface area contributed by atoms with E-state index in [-0.39, 0.29) is 12.4 Å². The molecular weight excluding hydrogens is 317 g/mol. The molecule has 2 nitrogen and oxygen atoms in total. The van der Waals surface area contributed by atoms with Crippen molar-refractivity contribution in [3.05, 3.63) is 70.3 Å². The molecule has 3 rings (SSSR count). The third-order valence-corrected chi connectivity index (χ3v) is 4.24. The number of benzene rings is 2. The normalized spacial score (nSPS) is 16.3. The van der Waals surface area contributed by atoms with E-state index in [9.17, 15) is 0 Å². The lowest BCUT2D eigenvalue weighted by Gasteiger charge is -2.26. The average molecular weight is 336 g/mol. The zero-order chi connectivity index (χ0) is 14.8. The van der Waals surface area contributed by atoms with E-state index < -0.39 is 0 Å². The quantitative estimate of drug-likeness (QED) is 0.864. The number of halogens is 2. The maximum atomic E-state index is 5.99. The summed E-state index contributed by atoms with van der Waals surface area (Å²) in [5.41, 5.74) is 4.99. The fraction of sp³-hybridized carbons (Fsp3) is 0.222. The predicted octanol–water partition coefficient (Wildman–Crippen LogP) is 4.87. The van der Waals surface area contributed by atoms with Crippen molar-refractivity contribution in [2.45, 2.75) is 12.5 Å². The number of ether oxygens (including phenoxy) is 1. The van der Waals surface area contributed by atoms with Gasteiger partial charge in [0.1, 0.15) is 5.75 Å². The second-order valence-electron chi connectivity index (χ2n) is 5.15. The van der Waals surface area contributed by atoms with Crippen molar-refractivity contribution in [2.75, 3.05) is 14.2 Å². The molecule has 1 atom stereocenters. The zero-order valence-corrected chi connectivity index (χ0v) is 14.2. The van der Waals surface area contributed by atoms with Gasteiger partial charge in [0.2, 0.25) is 0 Å². The summed E-state index contributed by atoms with van der Waals surface area (Å²) in [5, 5.41) is 4.13. The molecule has 0 heterocycles. The number of rotatable bonds is 3. The van der Waals surface area contributed by atoms with Gasteiger partial charge in [0.25, 0.3) is 0 Å². The predicted molar refractivity (Wildman–Crippen MR) is 95.2 cm³/mol. The Morgan fingerprint density at radius 3 is 2.50 bits per heavy atom. The van der Waals surface area contributed by atoms with Crippen LogP contribution in [0.25, 0.3) is 5.57 Å². The van der Waals surface area contributed by atoms with Gasteiger partial charge in [-0.3, -0.25) is 0 Å². The van der Waals surface area contributed by atoms with Crippen LogP contribution in [0.4, 0.5) is 0 Å². The van der Waals surface area contributed by atoms with Gasteiger partial charge in [-0.15, -0.1) is 12.4 Å². The van der Waals surface area contributed by atoms with Crippen LogP contribution in [-0.2, 0) is 0 Å². The Balaban J connectivity index is 0.00000176. The molecular formula is C18H19Cl2NO. The van der Waals surface area contributed by atoms with Gasteiger partial charge in [-0.25, -0.2) is 0 Å². The van der Waals surface area contributed by atoms with Crippen LogP contribution in [0.1, 0.15) is 29.2 Å². The topological polar surface area (TPSA) is 21.3 Å². The molecule has 0 bridgehead atoms. The van der Waals surface area contributed by atoms with Crippen molar-refractivity contribution in [1.29, 1.82) is 0 Å². The second-order valence-corrected chi connectivity index (χ2v) is 5.59. The van der Waals surface area contributed by atoms with Crippen LogP contribution in [0, 0.1) is 0 Å². The minimum atomic E-state index is 0. The summed E-state index contributed by atoms with van der Waals surface area (Å²) in [4.78, 5) is 0. The SMILES string of the molecule is CNC1CC=C(c2ccc(Cl)cc2)c2ccc(OC)cc21.Cl. The Hall–Kier alpha value is -1.48. The lowest BCUT2D eigenvalue weighted by molar-refractivity contribution is 0.413. The number of nitrogens with one attached hydrogen (secondary N) is 1. The first-order valence-electron chi connectivity index (χ1n) is 7.04. The number of fused-ring (bicyclic) bond motifs is 1. The largest absolute Gasteiger partial charge is 0.497 e. The molecule has 4 heteroatoms. The first-order valence-corrected chi connectivity index (χ1v) is 7.42. The summed E-state index contributed by atoms with van der Waals surface area (Å²) in [7, 11) is 3.70. The van der Waals surface area contributed by atoms with Crippen LogP contribution >= 0.6 is 24.0 Å². The highest BCUT2D eigenvalue weighted by atomic mass is 35.5. The van der Waals surface area contributed by atoms with Gasteiger partial charge in [0.15, 0.2) is 0 Å². The lowest BCUT2D eigenvalue weighted by Crippen LogP contribution is -2.20. The van der Waals surface area contributed by atoms with Crippen molar-refractivity contribution in [3.63, 3.8) is 0 Å². The summed E-state index contributed by atoms with van der Waals surface area (Å²) in [6, 6.07) is 14.6. The van der Waals surface area contributed by atoms with E-state index in [0.29, 0.717) is 6.04 Å². The summed E-state index contributed by atoms with van der Waals surface area (Å²) in [6.45, 7) is 0. The molecule has 0 spiro atoms. The number of methoxy groups -OCH3 is 1. The molecule has 0 amide bonds. The maximum Gasteiger partial charge on any atom is 0.119 e. The van der Waals surface area contributed by atoms with Gasteiger partial charge in [-0.1, -0.05) is 35.9 Å². The standard InChI is InChI=1S/C18H18ClNO.ClH/c1-20-18-10-9-15(12-3-5-13(19)6-4-12)16-8-7-14(21-2)11-17(16)18;/h3-9,11,18,20H,10H2,1-2H3;1H. The van der Waals surface area contributed by atoms with E-state index >= 15 is 0 Å². The van der Waals surface area contributed by atoms with Crippen molar-refractivity contribution in [3.8, 4) is 5.75 Å². The summed E-state index contributed by atoms with van der Waals surface area (Å²) in [5.74, 6) is 0.895. The van der Waals surface area contributed by atoms with Crippen LogP contribution in [0.3, 0.4) is 0 Å². The van der Waals surface area contributed by atoms with Gasteiger partial charge in [-0.05, 0) is 60.0 Å². The van der Waals surface area contributed by atoms with E-state index in [1.165, 1.54) is 22.3 Å². The fourth-order valence-corrected chi connectivity index (χ4v) is 2.98. The number of hydrogen-bond donors (Lipinski definition) is 1. The van der Waals surface area contributed by atoms with Crippen LogP contribution in [-0.4, -0.2) is 14.2 Å².